The molecule has 0 bridgehead atoms. The molecule has 0 amide bonds. The Labute approximate surface area is 98.8 Å². The van der Waals surface area contributed by atoms with Crippen LogP contribution >= 0.6 is 0 Å². The van der Waals surface area contributed by atoms with Gasteiger partial charge in [0, 0.05) is 6.04 Å². The zero-order chi connectivity index (χ0) is 13.0. The molecule has 0 aliphatic carbocycles. The van der Waals surface area contributed by atoms with Crippen molar-refractivity contribution in [3.05, 3.63) is 16.4 Å². The molecule has 8 heteroatoms. The second kappa shape index (κ2) is 5.39. The molecule has 1 rings (SSSR count). The number of hydrogen-bond donors (Lipinski definition) is 3. The molecule has 0 aliphatic rings. The Morgan fingerprint density at radius 2 is 1.94 bits per heavy atom. The highest BCUT2D eigenvalue weighted by atomic mass is 16.6. The molecule has 1 aromatic rings. The normalized spacial score (nSPS) is 12.3. The molecule has 0 spiro atoms. The number of anilines is 2. The second-order valence-electron chi connectivity index (χ2n) is 4.00. The van der Waals surface area contributed by atoms with Gasteiger partial charge in [0.05, 0.1) is 4.92 Å². The van der Waals surface area contributed by atoms with Crippen LogP contribution in [0.1, 0.15) is 20.8 Å². The summed E-state index contributed by atoms with van der Waals surface area (Å²) < 4.78 is 0. The first kappa shape index (κ1) is 13.1. The van der Waals surface area contributed by atoms with Crippen LogP contribution in [0.3, 0.4) is 0 Å². The maximum atomic E-state index is 10.9. The van der Waals surface area contributed by atoms with E-state index in [-0.39, 0.29) is 23.4 Å². The van der Waals surface area contributed by atoms with E-state index in [2.05, 4.69) is 20.7 Å². The van der Waals surface area contributed by atoms with E-state index in [1.165, 1.54) is 6.33 Å². The summed E-state index contributed by atoms with van der Waals surface area (Å²) in [5.74, 6) is 5.65. The fraction of sp³-hybridized carbons (Fsp3) is 0.556. The van der Waals surface area contributed by atoms with E-state index in [1.807, 2.05) is 20.8 Å². The van der Waals surface area contributed by atoms with E-state index < -0.39 is 4.92 Å². The molecule has 0 saturated heterocycles. The largest absolute Gasteiger partial charge is 0.361 e. The molecule has 0 aliphatic heterocycles. The second-order valence-corrected chi connectivity index (χ2v) is 4.00. The smallest absolute Gasteiger partial charge is 0.354 e. The number of hydrazine groups is 1. The standard InChI is InChI=1S/C9H16N6O2/c1-5(2)6(3)13-8-7(15(16)17)9(14-10)12-4-11-8/h4-6H,10H2,1-3H3,(H2,11,12,13,14). The highest BCUT2D eigenvalue weighted by Crippen LogP contribution is 2.28. The lowest BCUT2D eigenvalue weighted by atomic mass is 10.1. The molecule has 1 heterocycles. The summed E-state index contributed by atoms with van der Waals surface area (Å²) >= 11 is 0. The third-order valence-corrected chi connectivity index (χ3v) is 2.51. The van der Waals surface area contributed by atoms with Crippen molar-refractivity contribution in [2.24, 2.45) is 11.8 Å². The summed E-state index contributed by atoms with van der Waals surface area (Å²) in [6, 6.07) is 0.0502. The zero-order valence-corrected chi connectivity index (χ0v) is 9.97. The van der Waals surface area contributed by atoms with Crippen LogP contribution in [0.4, 0.5) is 17.3 Å². The average Bonchev–Trinajstić information content (AvgIpc) is 2.27. The maximum absolute atomic E-state index is 10.9. The van der Waals surface area contributed by atoms with Gasteiger partial charge in [-0.2, -0.15) is 0 Å². The molecule has 0 saturated carbocycles. The van der Waals surface area contributed by atoms with E-state index in [1.54, 1.807) is 0 Å². The molecule has 0 fully saturated rings. The highest BCUT2D eigenvalue weighted by molar-refractivity contribution is 5.68. The monoisotopic (exact) mass is 240 g/mol. The third-order valence-electron chi connectivity index (χ3n) is 2.51. The SMILES string of the molecule is CC(C)C(C)Nc1ncnc(NN)c1[N+](=O)[O-]. The van der Waals surface area contributed by atoms with E-state index in [9.17, 15) is 10.1 Å². The molecule has 1 unspecified atom stereocenters. The minimum Gasteiger partial charge on any atom is -0.361 e. The topological polar surface area (TPSA) is 119 Å². The van der Waals surface area contributed by atoms with Gasteiger partial charge >= 0.3 is 5.69 Å². The lowest BCUT2D eigenvalue weighted by molar-refractivity contribution is -0.383. The lowest BCUT2D eigenvalue weighted by Crippen LogP contribution is -2.23. The highest BCUT2D eigenvalue weighted by Gasteiger charge is 2.23. The van der Waals surface area contributed by atoms with Crippen molar-refractivity contribution in [1.82, 2.24) is 9.97 Å². The first-order valence-corrected chi connectivity index (χ1v) is 5.20. The van der Waals surface area contributed by atoms with Gasteiger partial charge in [-0.05, 0) is 12.8 Å². The number of nitro groups is 1. The maximum Gasteiger partial charge on any atom is 0.354 e. The zero-order valence-electron chi connectivity index (χ0n) is 9.97. The Balaban J connectivity index is 3.10. The Morgan fingerprint density at radius 3 is 2.41 bits per heavy atom. The Hall–Kier alpha value is -1.96. The van der Waals surface area contributed by atoms with Crippen molar-refractivity contribution < 1.29 is 4.92 Å². The Kier molecular flexibility index (Phi) is 4.16. The van der Waals surface area contributed by atoms with Gasteiger partial charge in [-0.15, -0.1) is 0 Å². The van der Waals surface area contributed by atoms with Crippen LogP contribution in [0.5, 0.6) is 0 Å². The van der Waals surface area contributed by atoms with E-state index in [4.69, 9.17) is 5.84 Å². The van der Waals surface area contributed by atoms with Gasteiger partial charge in [-0.3, -0.25) is 10.1 Å². The van der Waals surface area contributed by atoms with E-state index in [0.29, 0.717) is 5.92 Å². The Morgan fingerprint density at radius 1 is 1.35 bits per heavy atom. The number of hydrogen-bond acceptors (Lipinski definition) is 7. The van der Waals surface area contributed by atoms with Crippen LogP contribution in [-0.2, 0) is 0 Å². The van der Waals surface area contributed by atoms with Crippen LogP contribution in [0.15, 0.2) is 6.33 Å². The van der Waals surface area contributed by atoms with Gasteiger partial charge in [0.25, 0.3) is 0 Å². The van der Waals surface area contributed by atoms with Crippen molar-refractivity contribution in [2.75, 3.05) is 10.7 Å². The molecule has 8 nitrogen and oxygen atoms in total. The number of aromatic nitrogens is 2. The molecular formula is C9H16N6O2. The first-order valence-electron chi connectivity index (χ1n) is 5.20. The third kappa shape index (κ3) is 3.00. The predicted molar refractivity (Wildman–Crippen MR) is 64.4 cm³/mol. The summed E-state index contributed by atoms with van der Waals surface area (Å²) in [5, 5.41) is 13.9. The summed E-state index contributed by atoms with van der Waals surface area (Å²) in [4.78, 5) is 18.0. The van der Waals surface area contributed by atoms with Crippen molar-refractivity contribution in [1.29, 1.82) is 0 Å². The van der Waals surface area contributed by atoms with Crippen LogP contribution in [0, 0.1) is 16.0 Å². The molecule has 1 atom stereocenters. The minimum atomic E-state index is -0.565. The van der Waals surface area contributed by atoms with Crippen molar-refractivity contribution in [3.63, 3.8) is 0 Å². The predicted octanol–water partition coefficient (Wildman–Crippen LogP) is 1.13. The molecule has 4 N–H and O–H groups in total. The molecule has 17 heavy (non-hydrogen) atoms. The van der Waals surface area contributed by atoms with Crippen LogP contribution in [0.2, 0.25) is 0 Å². The van der Waals surface area contributed by atoms with Crippen molar-refractivity contribution in [3.8, 4) is 0 Å². The fourth-order valence-electron chi connectivity index (χ4n) is 1.15. The molecule has 94 valence electrons. The molecule has 1 aromatic heterocycles. The molecular weight excluding hydrogens is 224 g/mol. The van der Waals surface area contributed by atoms with Gasteiger partial charge in [-0.25, -0.2) is 15.8 Å². The van der Waals surface area contributed by atoms with Crippen molar-refractivity contribution >= 4 is 17.3 Å². The minimum absolute atomic E-state index is 0.0107. The number of nitrogen functional groups attached to an aromatic ring is 1. The molecule has 0 aromatic carbocycles. The number of rotatable bonds is 5. The summed E-state index contributed by atoms with van der Waals surface area (Å²) in [5.41, 5.74) is 1.94. The quantitative estimate of drug-likeness (QED) is 0.401. The van der Waals surface area contributed by atoms with Crippen LogP contribution in [-0.4, -0.2) is 20.9 Å². The van der Waals surface area contributed by atoms with Crippen LogP contribution < -0.4 is 16.6 Å². The summed E-state index contributed by atoms with van der Waals surface area (Å²) in [7, 11) is 0. The number of nitrogens with two attached hydrogens (primary N) is 1. The van der Waals surface area contributed by atoms with Gasteiger partial charge in [0.2, 0.25) is 11.6 Å². The van der Waals surface area contributed by atoms with Gasteiger partial charge in [-0.1, -0.05) is 13.8 Å². The van der Waals surface area contributed by atoms with E-state index in [0.717, 1.165) is 0 Å². The molecule has 0 radical (unpaired) electrons. The van der Waals surface area contributed by atoms with Gasteiger partial charge in [0.15, 0.2) is 0 Å². The van der Waals surface area contributed by atoms with Gasteiger partial charge < -0.3 is 10.7 Å². The van der Waals surface area contributed by atoms with Crippen LogP contribution in [0.25, 0.3) is 0 Å². The average molecular weight is 240 g/mol. The first-order chi connectivity index (χ1) is 7.97. The fourth-order valence-corrected chi connectivity index (χ4v) is 1.15. The van der Waals surface area contributed by atoms with E-state index >= 15 is 0 Å². The summed E-state index contributed by atoms with van der Waals surface area (Å²) in [6.45, 7) is 5.94. The summed E-state index contributed by atoms with van der Waals surface area (Å²) in [6.07, 6.45) is 1.22. The lowest BCUT2D eigenvalue weighted by Gasteiger charge is -2.18. The van der Waals surface area contributed by atoms with Crippen molar-refractivity contribution in [2.45, 2.75) is 26.8 Å². The number of nitrogens with one attached hydrogen (secondary N) is 2. The van der Waals surface area contributed by atoms with Gasteiger partial charge in [0.1, 0.15) is 6.33 Å². The number of nitrogens with zero attached hydrogens (tertiary/aromatic N) is 3. The Bertz CT molecular complexity index is 408.